The number of Topliss-reactive ketones (excluding diaryl/α,β-unsaturated/α-hetero) is 1. The molecule has 66 valence electrons. The molecule has 1 aliphatic rings. The fourth-order valence-electron chi connectivity index (χ4n) is 1.71. The van der Waals surface area contributed by atoms with E-state index in [9.17, 15) is 4.79 Å². The van der Waals surface area contributed by atoms with E-state index in [4.69, 9.17) is 0 Å². The van der Waals surface area contributed by atoms with Gasteiger partial charge in [-0.15, -0.1) is 0 Å². The Bertz CT molecular complexity index is 274. The maximum absolute atomic E-state index is 11.2. The van der Waals surface area contributed by atoms with E-state index < -0.39 is 0 Å². The first kappa shape index (κ1) is 9.20. The van der Waals surface area contributed by atoms with Gasteiger partial charge in [0.2, 0.25) is 0 Å². The first-order valence-corrected chi connectivity index (χ1v) is 4.04. The lowest BCUT2D eigenvalue weighted by Gasteiger charge is -2.37. The molecule has 0 bridgehead atoms. The van der Waals surface area contributed by atoms with Crippen LogP contribution in [-0.2, 0) is 4.79 Å². The zero-order chi connectivity index (χ0) is 9.46. The molecule has 0 aliphatic heterocycles. The molecule has 0 aromatic carbocycles. The van der Waals surface area contributed by atoms with Crippen molar-refractivity contribution in [1.82, 2.24) is 4.90 Å². The second-order valence-corrected chi connectivity index (χ2v) is 3.49. The van der Waals surface area contributed by atoms with E-state index in [1.807, 2.05) is 25.9 Å². The van der Waals surface area contributed by atoms with Gasteiger partial charge in [0.25, 0.3) is 0 Å². The highest BCUT2D eigenvalue weighted by Gasteiger charge is 2.34. The van der Waals surface area contributed by atoms with Gasteiger partial charge < -0.3 is 0 Å². The molecule has 0 amide bonds. The summed E-state index contributed by atoms with van der Waals surface area (Å²) in [6.07, 6.45) is 0. The van der Waals surface area contributed by atoms with E-state index in [1.165, 1.54) is 0 Å². The van der Waals surface area contributed by atoms with Gasteiger partial charge in [0, 0.05) is 5.57 Å². The molecule has 0 aromatic rings. The van der Waals surface area contributed by atoms with E-state index in [-0.39, 0.29) is 11.8 Å². The standard InChI is InChI=1S/C10H15NO/c1-6-7(2)10(11(4)5)9(6)8(3)12/h10H,2H2,1,3-5H3. The summed E-state index contributed by atoms with van der Waals surface area (Å²) in [5.41, 5.74) is 3.07. The van der Waals surface area contributed by atoms with Crippen molar-refractivity contribution in [2.45, 2.75) is 19.9 Å². The molecule has 1 aliphatic carbocycles. The number of ketones is 1. The molecule has 0 radical (unpaired) electrons. The lowest BCUT2D eigenvalue weighted by molar-refractivity contribution is -0.114. The Balaban J connectivity index is 2.99. The summed E-state index contributed by atoms with van der Waals surface area (Å²) < 4.78 is 0. The molecule has 0 fully saturated rings. The lowest BCUT2D eigenvalue weighted by Crippen LogP contribution is -2.41. The number of carbonyl (C=O) groups excluding carboxylic acids is 1. The maximum Gasteiger partial charge on any atom is 0.158 e. The number of nitrogens with zero attached hydrogens (tertiary/aromatic N) is 1. The molecule has 0 aromatic heterocycles. The highest BCUT2D eigenvalue weighted by atomic mass is 16.1. The summed E-state index contributed by atoms with van der Waals surface area (Å²) in [5, 5.41) is 0. The largest absolute Gasteiger partial charge is 0.298 e. The van der Waals surface area contributed by atoms with Gasteiger partial charge in [-0.25, -0.2) is 0 Å². The van der Waals surface area contributed by atoms with Gasteiger partial charge in [-0.3, -0.25) is 9.69 Å². The molecule has 0 N–H and O–H groups in total. The zero-order valence-corrected chi connectivity index (χ0v) is 8.14. The average molecular weight is 165 g/mol. The fourth-order valence-corrected chi connectivity index (χ4v) is 1.71. The quantitative estimate of drug-likeness (QED) is 0.616. The third-order valence-electron chi connectivity index (χ3n) is 2.38. The molecule has 0 heterocycles. The second-order valence-electron chi connectivity index (χ2n) is 3.49. The average Bonchev–Trinajstić information content (AvgIpc) is 1.96. The Morgan fingerprint density at radius 2 is 2.00 bits per heavy atom. The SMILES string of the molecule is C=C1C(C)=C(C(C)=O)C1N(C)C. The predicted octanol–water partition coefficient (Wildman–Crippen LogP) is 1.39. The van der Waals surface area contributed by atoms with E-state index in [1.54, 1.807) is 6.92 Å². The van der Waals surface area contributed by atoms with Crippen LogP contribution in [0.3, 0.4) is 0 Å². The van der Waals surface area contributed by atoms with E-state index >= 15 is 0 Å². The van der Waals surface area contributed by atoms with Gasteiger partial charge >= 0.3 is 0 Å². The summed E-state index contributed by atoms with van der Waals surface area (Å²) in [5.74, 6) is 0.165. The highest BCUT2D eigenvalue weighted by molar-refractivity contribution is 6.00. The first-order valence-electron chi connectivity index (χ1n) is 4.04. The van der Waals surface area contributed by atoms with Crippen LogP contribution in [0.15, 0.2) is 23.3 Å². The number of hydrogen-bond acceptors (Lipinski definition) is 2. The van der Waals surface area contributed by atoms with Crippen LogP contribution in [0.5, 0.6) is 0 Å². The molecule has 0 saturated carbocycles. The summed E-state index contributed by atoms with van der Waals surface area (Å²) in [4.78, 5) is 13.2. The normalized spacial score (nSPS) is 23.1. The Hall–Kier alpha value is -0.890. The molecule has 12 heavy (non-hydrogen) atoms. The molecule has 0 spiro atoms. The molecule has 0 saturated heterocycles. The minimum atomic E-state index is 0.155. The number of hydrogen-bond donors (Lipinski definition) is 0. The highest BCUT2D eigenvalue weighted by Crippen LogP contribution is 2.35. The van der Waals surface area contributed by atoms with Gasteiger partial charge in [0.15, 0.2) is 5.78 Å². The summed E-state index contributed by atoms with van der Waals surface area (Å²) in [7, 11) is 3.93. The first-order chi connectivity index (χ1) is 5.46. The maximum atomic E-state index is 11.2. The van der Waals surface area contributed by atoms with Crippen LogP contribution in [0.4, 0.5) is 0 Å². The predicted molar refractivity (Wildman–Crippen MR) is 50.0 cm³/mol. The topological polar surface area (TPSA) is 20.3 Å². The van der Waals surface area contributed by atoms with Crippen LogP contribution in [0.2, 0.25) is 0 Å². The van der Waals surface area contributed by atoms with E-state index in [2.05, 4.69) is 6.58 Å². The molecule has 1 unspecified atom stereocenters. The lowest BCUT2D eigenvalue weighted by atomic mass is 9.77. The molecule has 1 rings (SSSR count). The van der Waals surface area contributed by atoms with Crippen molar-refractivity contribution in [3.8, 4) is 0 Å². The van der Waals surface area contributed by atoms with Gasteiger partial charge in [-0.1, -0.05) is 6.58 Å². The van der Waals surface area contributed by atoms with Crippen molar-refractivity contribution in [1.29, 1.82) is 0 Å². The van der Waals surface area contributed by atoms with Crippen LogP contribution >= 0.6 is 0 Å². The van der Waals surface area contributed by atoms with Crippen molar-refractivity contribution in [2.75, 3.05) is 14.1 Å². The monoisotopic (exact) mass is 165 g/mol. The number of likely N-dealkylation sites (N-methyl/N-ethyl adjacent to an activating group) is 1. The van der Waals surface area contributed by atoms with Gasteiger partial charge in [-0.2, -0.15) is 0 Å². The van der Waals surface area contributed by atoms with Crippen LogP contribution in [0.1, 0.15) is 13.8 Å². The van der Waals surface area contributed by atoms with E-state index in [0.717, 1.165) is 16.7 Å². The molecule has 2 heteroatoms. The third kappa shape index (κ3) is 1.12. The van der Waals surface area contributed by atoms with Crippen LogP contribution < -0.4 is 0 Å². The van der Waals surface area contributed by atoms with Crippen molar-refractivity contribution in [3.05, 3.63) is 23.3 Å². The minimum absolute atomic E-state index is 0.155. The van der Waals surface area contributed by atoms with Crippen LogP contribution in [0.25, 0.3) is 0 Å². The van der Waals surface area contributed by atoms with Crippen molar-refractivity contribution < 1.29 is 4.79 Å². The number of carbonyl (C=O) groups is 1. The smallest absolute Gasteiger partial charge is 0.158 e. The molecular formula is C10H15NO. The molecular weight excluding hydrogens is 150 g/mol. The van der Waals surface area contributed by atoms with Crippen molar-refractivity contribution in [2.24, 2.45) is 0 Å². The Labute approximate surface area is 73.6 Å². The number of rotatable bonds is 2. The van der Waals surface area contributed by atoms with Gasteiger partial charge in [0.1, 0.15) is 0 Å². The van der Waals surface area contributed by atoms with Crippen LogP contribution in [-0.4, -0.2) is 30.8 Å². The Morgan fingerprint density at radius 3 is 2.25 bits per heavy atom. The Morgan fingerprint density at radius 1 is 1.50 bits per heavy atom. The van der Waals surface area contributed by atoms with E-state index in [0.29, 0.717) is 0 Å². The fraction of sp³-hybridized carbons (Fsp3) is 0.500. The zero-order valence-electron chi connectivity index (χ0n) is 8.14. The summed E-state index contributed by atoms with van der Waals surface area (Å²) in [6.45, 7) is 7.50. The second kappa shape index (κ2) is 2.87. The van der Waals surface area contributed by atoms with Crippen molar-refractivity contribution in [3.63, 3.8) is 0 Å². The Kier molecular flexibility index (Phi) is 2.20. The third-order valence-corrected chi connectivity index (χ3v) is 2.38. The summed E-state index contributed by atoms with van der Waals surface area (Å²) in [6, 6.07) is 0.155. The van der Waals surface area contributed by atoms with Gasteiger partial charge in [-0.05, 0) is 39.1 Å². The van der Waals surface area contributed by atoms with Crippen molar-refractivity contribution >= 4 is 5.78 Å². The summed E-state index contributed by atoms with van der Waals surface area (Å²) >= 11 is 0. The van der Waals surface area contributed by atoms with Crippen LogP contribution in [0, 0.1) is 0 Å². The molecule has 1 atom stereocenters. The minimum Gasteiger partial charge on any atom is -0.298 e. The van der Waals surface area contributed by atoms with Gasteiger partial charge in [0.05, 0.1) is 6.04 Å². The molecule has 2 nitrogen and oxygen atoms in total.